The molecule has 1 atom stereocenters. The average Bonchev–Trinajstić information content (AvgIpc) is 2.47. The van der Waals surface area contributed by atoms with Gasteiger partial charge in [0, 0.05) is 23.1 Å². The van der Waals surface area contributed by atoms with Gasteiger partial charge in [-0.1, -0.05) is 22.0 Å². The van der Waals surface area contributed by atoms with Gasteiger partial charge in [-0.15, -0.1) is 0 Å². The van der Waals surface area contributed by atoms with E-state index in [9.17, 15) is 9.59 Å². The van der Waals surface area contributed by atoms with Crippen LogP contribution in [0, 0.1) is 5.92 Å². The maximum atomic E-state index is 12.4. The summed E-state index contributed by atoms with van der Waals surface area (Å²) in [6.45, 7) is 3.32. The van der Waals surface area contributed by atoms with Crippen molar-refractivity contribution in [1.29, 1.82) is 0 Å². The van der Waals surface area contributed by atoms with Gasteiger partial charge < -0.3 is 9.64 Å². The fourth-order valence-corrected chi connectivity index (χ4v) is 2.82. The Morgan fingerprint density at radius 2 is 2.25 bits per heavy atom. The number of benzene rings is 1. The van der Waals surface area contributed by atoms with Gasteiger partial charge >= 0.3 is 5.97 Å². The molecule has 1 heterocycles. The summed E-state index contributed by atoms with van der Waals surface area (Å²) < 4.78 is 5.93. The Labute approximate surface area is 127 Å². The van der Waals surface area contributed by atoms with Crippen molar-refractivity contribution in [3.8, 4) is 0 Å². The molecule has 2 rings (SSSR count). The molecule has 0 unspecified atom stereocenters. The van der Waals surface area contributed by atoms with Crippen LogP contribution in [-0.4, -0.2) is 36.5 Å². The average molecular weight is 340 g/mol. The van der Waals surface area contributed by atoms with E-state index in [1.54, 1.807) is 24.0 Å². The number of nitrogens with zero attached hydrogens (tertiary/aromatic N) is 1. The monoisotopic (exact) mass is 339 g/mol. The topological polar surface area (TPSA) is 46.6 Å². The lowest BCUT2D eigenvalue weighted by Crippen LogP contribution is -2.42. The Bertz CT molecular complexity index is 504. The summed E-state index contributed by atoms with van der Waals surface area (Å²) in [6.07, 6.45) is 1.63. The van der Waals surface area contributed by atoms with Crippen molar-refractivity contribution in [3.63, 3.8) is 0 Å². The van der Waals surface area contributed by atoms with E-state index in [1.807, 2.05) is 12.1 Å². The zero-order valence-corrected chi connectivity index (χ0v) is 13.1. The third-order valence-electron chi connectivity index (χ3n) is 3.40. The van der Waals surface area contributed by atoms with E-state index in [-0.39, 0.29) is 17.8 Å². The molecular weight excluding hydrogens is 322 g/mol. The third-order valence-corrected chi connectivity index (χ3v) is 3.89. The van der Waals surface area contributed by atoms with Gasteiger partial charge in [0.2, 0.25) is 0 Å². The quantitative estimate of drug-likeness (QED) is 0.795. The van der Waals surface area contributed by atoms with Gasteiger partial charge in [0.15, 0.2) is 0 Å². The van der Waals surface area contributed by atoms with Crippen LogP contribution < -0.4 is 0 Å². The van der Waals surface area contributed by atoms with Crippen LogP contribution in [0.3, 0.4) is 0 Å². The predicted molar refractivity (Wildman–Crippen MR) is 79.4 cm³/mol. The zero-order valence-electron chi connectivity index (χ0n) is 11.5. The van der Waals surface area contributed by atoms with E-state index in [4.69, 9.17) is 4.74 Å². The van der Waals surface area contributed by atoms with Gasteiger partial charge in [0.25, 0.3) is 5.91 Å². The number of ether oxygens (including phenoxy) is 1. The summed E-state index contributed by atoms with van der Waals surface area (Å²) in [6, 6.07) is 7.32. The molecule has 0 N–H and O–H groups in total. The molecule has 5 heteroatoms. The highest BCUT2D eigenvalue weighted by atomic mass is 79.9. The van der Waals surface area contributed by atoms with Crippen molar-refractivity contribution >= 4 is 27.8 Å². The van der Waals surface area contributed by atoms with Crippen molar-refractivity contribution in [1.82, 2.24) is 4.90 Å². The fraction of sp³-hybridized carbons (Fsp3) is 0.467. The molecule has 1 aliphatic rings. The summed E-state index contributed by atoms with van der Waals surface area (Å²) in [7, 11) is 0. The molecule has 1 fully saturated rings. The standard InChI is InChI=1S/C15H18BrNO3/c1-2-20-15(19)12-6-4-8-17(10-12)14(18)11-5-3-7-13(16)9-11/h3,5,7,9,12H,2,4,6,8,10H2,1H3/t12-/m1/s1. The highest BCUT2D eigenvalue weighted by molar-refractivity contribution is 9.10. The minimum absolute atomic E-state index is 0.0275. The summed E-state index contributed by atoms with van der Waals surface area (Å²) in [5, 5.41) is 0. The molecule has 1 aromatic carbocycles. The Kier molecular flexibility index (Phi) is 5.17. The molecule has 0 bridgehead atoms. The van der Waals surface area contributed by atoms with Crippen LogP contribution in [0.1, 0.15) is 30.1 Å². The summed E-state index contributed by atoms with van der Waals surface area (Å²) in [4.78, 5) is 26.0. The van der Waals surface area contributed by atoms with E-state index in [2.05, 4.69) is 15.9 Å². The first-order valence-corrected chi connectivity index (χ1v) is 7.62. The summed E-state index contributed by atoms with van der Waals surface area (Å²) >= 11 is 3.37. The normalized spacial score (nSPS) is 18.7. The number of likely N-dealkylation sites (tertiary alicyclic amines) is 1. The molecule has 108 valence electrons. The van der Waals surface area contributed by atoms with Gasteiger partial charge in [0.05, 0.1) is 12.5 Å². The SMILES string of the molecule is CCOC(=O)[C@@H]1CCCN(C(=O)c2cccc(Br)c2)C1. The van der Waals surface area contributed by atoms with E-state index >= 15 is 0 Å². The van der Waals surface area contributed by atoms with Crippen LogP contribution in [0.5, 0.6) is 0 Å². The third kappa shape index (κ3) is 3.60. The lowest BCUT2D eigenvalue weighted by molar-refractivity contribution is -0.149. The predicted octanol–water partition coefficient (Wildman–Crippen LogP) is 2.86. The van der Waals surface area contributed by atoms with Gasteiger partial charge in [0.1, 0.15) is 0 Å². The van der Waals surface area contributed by atoms with Crippen LogP contribution in [0.15, 0.2) is 28.7 Å². The Morgan fingerprint density at radius 3 is 2.95 bits per heavy atom. The molecule has 1 amide bonds. The second-order valence-electron chi connectivity index (χ2n) is 4.85. The van der Waals surface area contributed by atoms with Crippen LogP contribution in [-0.2, 0) is 9.53 Å². The fourth-order valence-electron chi connectivity index (χ4n) is 2.42. The minimum atomic E-state index is -0.195. The van der Waals surface area contributed by atoms with Crippen LogP contribution in [0.2, 0.25) is 0 Å². The highest BCUT2D eigenvalue weighted by Gasteiger charge is 2.29. The summed E-state index contributed by atoms with van der Waals surface area (Å²) in [5.41, 5.74) is 0.642. The molecule has 0 aliphatic carbocycles. The number of hydrogen-bond acceptors (Lipinski definition) is 3. The van der Waals surface area contributed by atoms with E-state index in [0.717, 1.165) is 17.3 Å². The molecule has 4 nitrogen and oxygen atoms in total. The number of hydrogen-bond donors (Lipinski definition) is 0. The number of carbonyl (C=O) groups is 2. The van der Waals surface area contributed by atoms with Gasteiger partial charge in [-0.25, -0.2) is 0 Å². The van der Waals surface area contributed by atoms with E-state index in [0.29, 0.717) is 25.3 Å². The molecule has 20 heavy (non-hydrogen) atoms. The lowest BCUT2D eigenvalue weighted by Gasteiger charge is -2.31. The lowest BCUT2D eigenvalue weighted by atomic mass is 9.97. The van der Waals surface area contributed by atoms with Crippen molar-refractivity contribution in [2.75, 3.05) is 19.7 Å². The Hall–Kier alpha value is -1.36. The number of halogens is 1. The number of carbonyl (C=O) groups excluding carboxylic acids is 2. The minimum Gasteiger partial charge on any atom is -0.466 e. The Morgan fingerprint density at radius 1 is 1.45 bits per heavy atom. The largest absolute Gasteiger partial charge is 0.466 e. The number of amides is 1. The smallest absolute Gasteiger partial charge is 0.310 e. The second kappa shape index (κ2) is 6.88. The van der Waals surface area contributed by atoms with Gasteiger partial charge in [-0.3, -0.25) is 9.59 Å². The van der Waals surface area contributed by atoms with Crippen molar-refractivity contribution in [2.45, 2.75) is 19.8 Å². The van der Waals surface area contributed by atoms with Crippen LogP contribution >= 0.6 is 15.9 Å². The zero-order chi connectivity index (χ0) is 14.5. The van der Waals surface area contributed by atoms with E-state index in [1.165, 1.54) is 0 Å². The van der Waals surface area contributed by atoms with Crippen LogP contribution in [0.4, 0.5) is 0 Å². The molecule has 0 radical (unpaired) electrons. The number of rotatable bonds is 3. The van der Waals surface area contributed by atoms with Crippen molar-refractivity contribution in [3.05, 3.63) is 34.3 Å². The maximum absolute atomic E-state index is 12.4. The first-order valence-electron chi connectivity index (χ1n) is 6.83. The van der Waals surface area contributed by atoms with Gasteiger partial charge in [-0.2, -0.15) is 0 Å². The molecule has 1 aromatic rings. The maximum Gasteiger partial charge on any atom is 0.310 e. The van der Waals surface area contributed by atoms with Crippen molar-refractivity contribution < 1.29 is 14.3 Å². The number of esters is 1. The summed E-state index contributed by atoms with van der Waals surface area (Å²) in [5.74, 6) is -0.417. The molecule has 0 saturated carbocycles. The first-order chi connectivity index (χ1) is 9.61. The highest BCUT2D eigenvalue weighted by Crippen LogP contribution is 2.21. The second-order valence-corrected chi connectivity index (χ2v) is 5.77. The van der Waals surface area contributed by atoms with Gasteiger partial charge in [-0.05, 0) is 38.0 Å². The van der Waals surface area contributed by atoms with Crippen molar-refractivity contribution in [2.24, 2.45) is 5.92 Å². The first kappa shape index (κ1) is 15.0. The molecule has 0 aromatic heterocycles. The molecule has 1 aliphatic heterocycles. The molecule has 1 saturated heterocycles. The van der Waals surface area contributed by atoms with E-state index < -0.39 is 0 Å². The number of piperidine rings is 1. The Balaban J connectivity index is 2.05. The molecule has 0 spiro atoms. The molecular formula is C15H18BrNO3. The van der Waals surface area contributed by atoms with Crippen LogP contribution in [0.25, 0.3) is 0 Å².